The summed E-state index contributed by atoms with van der Waals surface area (Å²) in [5.41, 5.74) is 1.30. The van der Waals surface area contributed by atoms with Crippen molar-refractivity contribution in [1.82, 2.24) is 10.2 Å². The van der Waals surface area contributed by atoms with Gasteiger partial charge in [0, 0.05) is 30.7 Å². The Bertz CT molecular complexity index is 447. The monoisotopic (exact) mass is 308 g/mol. The number of likely N-dealkylation sites (N-methyl/N-ethyl adjacent to an activating group) is 1. The molecule has 116 valence electrons. The second kappa shape index (κ2) is 7.10. The van der Waals surface area contributed by atoms with Crippen LogP contribution in [-0.2, 0) is 11.3 Å². The van der Waals surface area contributed by atoms with Crippen molar-refractivity contribution in [1.29, 1.82) is 0 Å². The molecule has 0 aromatic heterocycles. The molecule has 1 heterocycles. The quantitative estimate of drug-likeness (QED) is 0.838. The number of nitrogens with one attached hydrogen (secondary N) is 1. The van der Waals surface area contributed by atoms with E-state index < -0.39 is 0 Å². The molecule has 1 aliphatic carbocycles. The van der Waals surface area contributed by atoms with Crippen LogP contribution in [0.1, 0.15) is 31.2 Å². The Balaban J connectivity index is 1.38. The molecule has 0 bridgehead atoms. The molecule has 0 amide bonds. The SMILES string of the molecule is CN(Cc1ccc(Cl)cc1)CC1CCC(CNC2CC2)O1. The minimum Gasteiger partial charge on any atom is -0.372 e. The van der Waals surface area contributed by atoms with Crippen molar-refractivity contribution < 1.29 is 4.74 Å². The molecule has 1 saturated heterocycles. The van der Waals surface area contributed by atoms with Gasteiger partial charge in [-0.25, -0.2) is 0 Å². The van der Waals surface area contributed by atoms with Crippen LogP contribution in [0.4, 0.5) is 0 Å². The highest BCUT2D eigenvalue weighted by Gasteiger charge is 2.28. The summed E-state index contributed by atoms with van der Waals surface area (Å²) in [6.45, 7) is 2.98. The van der Waals surface area contributed by atoms with Crippen molar-refractivity contribution >= 4 is 11.6 Å². The maximum atomic E-state index is 6.14. The predicted molar refractivity (Wildman–Crippen MR) is 86.7 cm³/mol. The van der Waals surface area contributed by atoms with Crippen LogP contribution < -0.4 is 5.32 Å². The van der Waals surface area contributed by atoms with Gasteiger partial charge in [0.1, 0.15) is 0 Å². The molecule has 0 spiro atoms. The van der Waals surface area contributed by atoms with Gasteiger partial charge < -0.3 is 10.1 Å². The van der Waals surface area contributed by atoms with Gasteiger partial charge in [-0.2, -0.15) is 0 Å². The lowest BCUT2D eigenvalue weighted by molar-refractivity contribution is 0.0266. The number of hydrogen-bond donors (Lipinski definition) is 1. The van der Waals surface area contributed by atoms with Crippen molar-refractivity contribution in [3.8, 4) is 0 Å². The van der Waals surface area contributed by atoms with E-state index in [0.29, 0.717) is 12.2 Å². The van der Waals surface area contributed by atoms with Crippen molar-refractivity contribution in [2.75, 3.05) is 20.1 Å². The summed E-state index contributed by atoms with van der Waals surface area (Å²) in [7, 11) is 2.16. The Morgan fingerprint density at radius 2 is 1.86 bits per heavy atom. The fourth-order valence-electron chi connectivity index (χ4n) is 2.96. The first-order chi connectivity index (χ1) is 10.2. The molecule has 2 unspecified atom stereocenters. The van der Waals surface area contributed by atoms with E-state index in [0.717, 1.165) is 30.7 Å². The molecule has 1 aromatic rings. The van der Waals surface area contributed by atoms with Gasteiger partial charge in [0.15, 0.2) is 0 Å². The van der Waals surface area contributed by atoms with Gasteiger partial charge in [-0.3, -0.25) is 4.90 Å². The number of nitrogens with zero attached hydrogens (tertiary/aromatic N) is 1. The van der Waals surface area contributed by atoms with E-state index in [1.807, 2.05) is 12.1 Å². The zero-order valence-corrected chi connectivity index (χ0v) is 13.5. The molecule has 1 aromatic carbocycles. The van der Waals surface area contributed by atoms with Gasteiger partial charge in [-0.05, 0) is 50.4 Å². The first-order valence-corrected chi connectivity index (χ1v) is 8.38. The van der Waals surface area contributed by atoms with Crippen molar-refractivity contribution in [3.63, 3.8) is 0 Å². The van der Waals surface area contributed by atoms with Crippen molar-refractivity contribution in [2.24, 2.45) is 0 Å². The van der Waals surface area contributed by atoms with Gasteiger partial charge >= 0.3 is 0 Å². The van der Waals surface area contributed by atoms with E-state index in [1.54, 1.807) is 0 Å². The fourth-order valence-corrected chi connectivity index (χ4v) is 3.09. The van der Waals surface area contributed by atoms with Crippen LogP contribution in [-0.4, -0.2) is 43.3 Å². The van der Waals surface area contributed by atoms with Crippen molar-refractivity contribution in [3.05, 3.63) is 34.9 Å². The number of benzene rings is 1. The summed E-state index contributed by atoms with van der Waals surface area (Å²) in [6.07, 6.45) is 5.87. The lowest BCUT2D eigenvalue weighted by Gasteiger charge is -2.21. The number of halogens is 1. The van der Waals surface area contributed by atoms with Crippen LogP contribution in [0.15, 0.2) is 24.3 Å². The van der Waals surface area contributed by atoms with E-state index in [2.05, 4.69) is 29.4 Å². The molecule has 2 aliphatic rings. The third-order valence-corrected chi connectivity index (χ3v) is 4.54. The fraction of sp³-hybridized carbons (Fsp3) is 0.647. The van der Waals surface area contributed by atoms with Crippen LogP contribution in [0, 0.1) is 0 Å². The summed E-state index contributed by atoms with van der Waals surface area (Å²) in [5.74, 6) is 0. The minimum absolute atomic E-state index is 0.383. The standard InChI is InChI=1S/C17H25ClN2O/c1-20(11-13-2-4-14(18)5-3-13)12-17-9-8-16(21-17)10-19-15-6-7-15/h2-5,15-17,19H,6-12H2,1H3. The van der Waals surface area contributed by atoms with E-state index in [-0.39, 0.29) is 0 Å². The highest BCUT2D eigenvalue weighted by Crippen LogP contribution is 2.23. The zero-order chi connectivity index (χ0) is 14.7. The van der Waals surface area contributed by atoms with Gasteiger partial charge in [0.2, 0.25) is 0 Å². The minimum atomic E-state index is 0.383. The maximum absolute atomic E-state index is 6.14. The molecule has 0 radical (unpaired) electrons. The van der Waals surface area contributed by atoms with E-state index in [9.17, 15) is 0 Å². The van der Waals surface area contributed by atoms with Crippen molar-refractivity contribution in [2.45, 2.75) is 50.5 Å². The largest absolute Gasteiger partial charge is 0.372 e. The second-order valence-electron chi connectivity index (χ2n) is 6.46. The average molecular weight is 309 g/mol. The summed E-state index contributed by atoms with van der Waals surface area (Å²) in [4.78, 5) is 2.34. The van der Waals surface area contributed by atoms with Crippen LogP contribution in [0.5, 0.6) is 0 Å². The lowest BCUT2D eigenvalue weighted by atomic mass is 10.1. The topological polar surface area (TPSA) is 24.5 Å². The summed E-state index contributed by atoms with van der Waals surface area (Å²) in [5, 5.41) is 4.36. The molecule has 1 aliphatic heterocycles. The molecule has 2 fully saturated rings. The Labute approximate surface area is 132 Å². The van der Waals surface area contributed by atoms with Crippen LogP contribution in [0.2, 0.25) is 5.02 Å². The lowest BCUT2D eigenvalue weighted by Crippen LogP contribution is -2.32. The van der Waals surface area contributed by atoms with Gasteiger partial charge in [-0.1, -0.05) is 23.7 Å². The van der Waals surface area contributed by atoms with Crippen LogP contribution >= 0.6 is 11.6 Å². The predicted octanol–water partition coefficient (Wildman–Crippen LogP) is 3.07. The average Bonchev–Trinajstić information content (AvgIpc) is 3.19. The Kier molecular flexibility index (Phi) is 5.17. The van der Waals surface area contributed by atoms with E-state index in [1.165, 1.54) is 31.2 Å². The first-order valence-electron chi connectivity index (χ1n) is 8.01. The Hall–Kier alpha value is -0.610. The van der Waals surface area contributed by atoms with E-state index in [4.69, 9.17) is 16.3 Å². The molecule has 4 heteroatoms. The number of hydrogen-bond acceptors (Lipinski definition) is 3. The van der Waals surface area contributed by atoms with Gasteiger partial charge in [-0.15, -0.1) is 0 Å². The molecule has 3 rings (SSSR count). The summed E-state index contributed by atoms with van der Waals surface area (Å²) >= 11 is 5.92. The number of ether oxygens (including phenoxy) is 1. The molecule has 21 heavy (non-hydrogen) atoms. The molecular formula is C17H25ClN2O. The summed E-state index contributed by atoms with van der Waals surface area (Å²) < 4.78 is 6.14. The van der Waals surface area contributed by atoms with Gasteiger partial charge in [0.05, 0.1) is 12.2 Å². The maximum Gasteiger partial charge on any atom is 0.0707 e. The Morgan fingerprint density at radius 1 is 1.14 bits per heavy atom. The molecule has 1 N–H and O–H groups in total. The third kappa shape index (κ3) is 4.96. The smallest absolute Gasteiger partial charge is 0.0707 e. The third-order valence-electron chi connectivity index (χ3n) is 4.29. The van der Waals surface area contributed by atoms with Gasteiger partial charge in [0.25, 0.3) is 0 Å². The summed E-state index contributed by atoms with van der Waals surface area (Å²) in [6, 6.07) is 8.88. The van der Waals surface area contributed by atoms with E-state index >= 15 is 0 Å². The molecule has 2 atom stereocenters. The van der Waals surface area contributed by atoms with Crippen LogP contribution in [0.3, 0.4) is 0 Å². The Morgan fingerprint density at radius 3 is 2.57 bits per heavy atom. The second-order valence-corrected chi connectivity index (χ2v) is 6.90. The molecular weight excluding hydrogens is 284 g/mol. The zero-order valence-electron chi connectivity index (χ0n) is 12.7. The van der Waals surface area contributed by atoms with Crippen LogP contribution in [0.25, 0.3) is 0 Å². The first kappa shape index (κ1) is 15.3. The molecule has 3 nitrogen and oxygen atoms in total. The number of rotatable bonds is 7. The highest BCUT2D eigenvalue weighted by molar-refractivity contribution is 6.30. The highest BCUT2D eigenvalue weighted by atomic mass is 35.5. The normalized spacial score (nSPS) is 25.7. The molecule has 1 saturated carbocycles.